The molecule has 0 aliphatic carbocycles. The molecule has 140 valence electrons. The van der Waals surface area contributed by atoms with Gasteiger partial charge in [-0.2, -0.15) is 5.21 Å². The highest BCUT2D eigenvalue weighted by atomic mass is 32.2. The van der Waals surface area contributed by atoms with Crippen molar-refractivity contribution in [2.24, 2.45) is 0 Å². The summed E-state index contributed by atoms with van der Waals surface area (Å²) in [6.45, 7) is 4.24. The molecule has 0 bridgehead atoms. The van der Waals surface area contributed by atoms with Gasteiger partial charge < -0.3 is 10.2 Å². The zero-order valence-electron chi connectivity index (χ0n) is 14.6. The Labute approximate surface area is 170 Å². The molecule has 4 heterocycles. The molecule has 0 saturated carbocycles. The van der Waals surface area contributed by atoms with E-state index in [0.29, 0.717) is 11.1 Å². The first-order chi connectivity index (χ1) is 13.3. The Hall–Kier alpha value is -1.62. The molecular weight excluding hydrogens is 398 g/mol. The van der Waals surface area contributed by atoms with Gasteiger partial charge in [-0.15, -0.1) is 45.9 Å². The van der Waals surface area contributed by atoms with E-state index in [1.165, 1.54) is 12.8 Å². The number of anilines is 1. The smallest absolute Gasteiger partial charge is 0.206 e. The van der Waals surface area contributed by atoms with Crippen LogP contribution in [0.1, 0.15) is 12.8 Å². The predicted octanol–water partition coefficient (Wildman–Crippen LogP) is 2.94. The van der Waals surface area contributed by atoms with E-state index in [0.717, 1.165) is 57.9 Å². The minimum Gasteiger partial charge on any atom is -0.348 e. The molecule has 0 spiro atoms. The number of nitrogens with one attached hydrogen (secondary N) is 2. The Morgan fingerprint density at radius 2 is 2.07 bits per heavy atom. The van der Waals surface area contributed by atoms with Crippen LogP contribution in [0.15, 0.2) is 27.3 Å². The molecule has 10 heteroatoms. The lowest BCUT2D eigenvalue weighted by molar-refractivity contribution is 0.543. The van der Waals surface area contributed by atoms with E-state index < -0.39 is 0 Å². The number of nitrogens with zero attached hydrogens (tertiary/aromatic N) is 5. The van der Waals surface area contributed by atoms with Gasteiger partial charge >= 0.3 is 0 Å². The number of rotatable bonds is 5. The Morgan fingerprint density at radius 1 is 1.22 bits per heavy atom. The maximum Gasteiger partial charge on any atom is 0.206 e. The molecule has 27 heavy (non-hydrogen) atoms. The standard InChI is InChI=1S/C17H19N7S3/c25-15-13(27-10-7-18-8-10)4-3-11(14(15)16-20-22-23-21-16)12-9-26-17(19-12)24-5-1-2-6-24/h3-4,9-10,18,25H,1-2,5-8H2,(H,20,21,22,23). The molecule has 2 aliphatic rings. The van der Waals surface area contributed by atoms with E-state index in [4.69, 9.17) is 17.6 Å². The van der Waals surface area contributed by atoms with E-state index in [2.05, 4.69) is 48.4 Å². The van der Waals surface area contributed by atoms with Crippen LogP contribution in [0.5, 0.6) is 0 Å². The van der Waals surface area contributed by atoms with E-state index in [-0.39, 0.29) is 0 Å². The van der Waals surface area contributed by atoms with Crippen LogP contribution in [0.25, 0.3) is 22.6 Å². The third kappa shape index (κ3) is 3.35. The van der Waals surface area contributed by atoms with Crippen molar-refractivity contribution in [3.8, 4) is 22.6 Å². The van der Waals surface area contributed by atoms with Gasteiger partial charge in [-0.25, -0.2) is 4.98 Å². The monoisotopic (exact) mass is 417 g/mol. The molecule has 2 aromatic heterocycles. The van der Waals surface area contributed by atoms with Crippen molar-refractivity contribution < 1.29 is 0 Å². The second-order valence-electron chi connectivity index (χ2n) is 6.68. The Morgan fingerprint density at radius 3 is 2.78 bits per heavy atom. The second-order valence-corrected chi connectivity index (χ2v) is 9.30. The summed E-state index contributed by atoms with van der Waals surface area (Å²) in [5.41, 5.74) is 2.83. The van der Waals surface area contributed by atoms with Gasteiger partial charge in [0.05, 0.1) is 5.69 Å². The van der Waals surface area contributed by atoms with Crippen molar-refractivity contribution in [3.05, 3.63) is 17.5 Å². The molecule has 5 rings (SSSR count). The quantitative estimate of drug-likeness (QED) is 0.551. The van der Waals surface area contributed by atoms with Crippen LogP contribution in [0, 0.1) is 0 Å². The SMILES string of the molecule is Sc1c(SC2CNC2)ccc(-c2csc(N3CCCC3)n2)c1-c1nn[nH]n1. The summed E-state index contributed by atoms with van der Waals surface area (Å²) in [4.78, 5) is 9.29. The average Bonchev–Trinajstić information content (AvgIpc) is 3.40. The Kier molecular flexibility index (Phi) is 4.80. The number of aromatic amines is 1. The van der Waals surface area contributed by atoms with Crippen LogP contribution in [-0.4, -0.2) is 57.0 Å². The lowest BCUT2D eigenvalue weighted by Gasteiger charge is -2.27. The van der Waals surface area contributed by atoms with E-state index in [1.807, 2.05) is 11.8 Å². The minimum atomic E-state index is 0.555. The van der Waals surface area contributed by atoms with Crippen LogP contribution < -0.4 is 10.2 Å². The molecule has 7 nitrogen and oxygen atoms in total. The molecular formula is C17H19N7S3. The summed E-state index contributed by atoms with van der Waals surface area (Å²) < 4.78 is 0. The zero-order valence-corrected chi connectivity index (χ0v) is 17.1. The topological polar surface area (TPSA) is 82.6 Å². The second kappa shape index (κ2) is 7.42. The summed E-state index contributed by atoms with van der Waals surface area (Å²) >= 11 is 8.39. The van der Waals surface area contributed by atoms with Crippen LogP contribution in [0.3, 0.4) is 0 Å². The van der Waals surface area contributed by atoms with Crippen LogP contribution >= 0.6 is 35.7 Å². The number of thioether (sulfide) groups is 1. The fourth-order valence-electron chi connectivity index (χ4n) is 3.34. The number of hydrogen-bond acceptors (Lipinski definition) is 9. The van der Waals surface area contributed by atoms with Gasteiger partial charge in [0.15, 0.2) is 5.13 Å². The molecule has 0 unspecified atom stereocenters. The number of aromatic nitrogens is 5. The molecule has 2 N–H and O–H groups in total. The van der Waals surface area contributed by atoms with Gasteiger partial charge in [-0.1, -0.05) is 6.07 Å². The summed E-state index contributed by atoms with van der Waals surface area (Å²) in [5, 5.41) is 21.8. The first kappa shape index (κ1) is 17.5. The minimum absolute atomic E-state index is 0.555. The zero-order chi connectivity index (χ0) is 18.2. The van der Waals surface area contributed by atoms with Gasteiger partial charge in [-0.05, 0) is 24.1 Å². The summed E-state index contributed by atoms with van der Waals surface area (Å²) in [6.07, 6.45) is 2.48. The number of tetrazole rings is 1. The third-order valence-electron chi connectivity index (χ3n) is 4.89. The van der Waals surface area contributed by atoms with Crippen molar-refractivity contribution >= 4 is 40.9 Å². The normalized spacial score (nSPS) is 17.4. The number of thiazole rings is 1. The van der Waals surface area contributed by atoms with Crippen LogP contribution in [0.4, 0.5) is 5.13 Å². The Balaban J connectivity index is 1.56. The number of thiol groups is 1. The van der Waals surface area contributed by atoms with E-state index in [1.54, 1.807) is 11.3 Å². The fourth-order valence-corrected chi connectivity index (χ4v) is 5.80. The van der Waals surface area contributed by atoms with Gasteiger partial charge in [-0.3, -0.25) is 0 Å². The fraction of sp³-hybridized carbons (Fsp3) is 0.412. The molecule has 0 amide bonds. The highest BCUT2D eigenvalue weighted by molar-refractivity contribution is 8.00. The number of H-pyrrole nitrogens is 1. The predicted molar refractivity (Wildman–Crippen MR) is 112 cm³/mol. The third-order valence-corrected chi connectivity index (χ3v) is 7.67. The molecule has 1 aromatic carbocycles. The van der Waals surface area contributed by atoms with Crippen LogP contribution in [0.2, 0.25) is 0 Å². The first-order valence-electron chi connectivity index (χ1n) is 8.97. The maximum absolute atomic E-state index is 4.90. The van der Waals surface area contributed by atoms with Crippen molar-refractivity contribution in [2.45, 2.75) is 27.9 Å². The average molecular weight is 418 g/mol. The number of benzene rings is 1. The van der Waals surface area contributed by atoms with Crippen molar-refractivity contribution in [1.82, 2.24) is 30.9 Å². The molecule has 2 aliphatic heterocycles. The Bertz CT molecular complexity index is 930. The van der Waals surface area contributed by atoms with Gasteiger partial charge in [0.25, 0.3) is 0 Å². The largest absolute Gasteiger partial charge is 0.348 e. The molecule has 0 radical (unpaired) electrons. The summed E-state index contributed by atoms with van der Waals surface area (Å²) in [5.74, 6) is 0.555. The van der Waals surface area contributed by atoms with Crippen LogP contribution in [-0.2, 0) is 0 Å². The number of hydrogen-bond donors (Lipinski definition) is 3. The van der Waals surface area contributed by atoms with E-state index >= 15 is 0 Å². The molecule has 2 saturated heterocycles. The summed E-state index contributed by atoms with van der Waals surface area (Å²) in [6, 6.07) is 4.25. The molecule has 3 aromatic rings. The van der Waals surface area contributed by atoms with E-state index in [9.17, 15) is 0 Å². The van der Waals surface area contributed by atoms with Crippen molar-refractivity contribution in [2.75, 3.05) is 31.1 Å². The molecule has 0 atom stereocenters. The van der Waals surface area contributed by atoms with Gasteiger partial charge in [0, 0.05) is 57.7 Å². The molecule has 2 fully saturated rings. The van der Waals surface area contributed by atoms with Crippen molar-refractivity contribution in [1.29, 1.82) is 0 Å². The highest BCUT2D eigenvalue weighted by Crippen LogP contribution is 2.42. The highest BCUT2D eigenvalue weighted by Gasteiger charge is 2.24. The lowest BCUT2D eigenvalue weighted by Crippen LogP contribution is -2.44. The van der Waals surface area contributed by atoms with Crippen molar-refractivity contribution in [3.63, 3.8) is 0 Å². The van der Waals surface area contributed by atoms with Gasteiger partial charge in [0.2, 0.25) is 5.82 Å². The first-order valence-corrected chi connectivity index (χ1v) is 11.2. The van der Waals surface area contributed by atoms with Gasteiger partial charge in [0.1, 0.15) is 0 Å². The lowest BCUT2D eigenvalue weighted by atomic mass is 10.0. The maximum atomic E-state index is 4.90. The summed E-state index contributed by atoms with van der Waals surface area (Å²) in [7, 11) is 0.